The molecule has 1 fully saturated rings. The van der Waals surface area contributed by atoms with Gasteiger partial charge in [0.25, 0.3) is 5.91 Å². The molecule has 0 bridgehead atoms. The zero-order valence-corrected chi connectivity index (χ0v) is 18.2. The number of benzene rings is 1. The van der Waals surface area contributed by atoms with Gasteiger partial charge in [-0.1, -0.05) is 26.0 Å². The van der Waals surface area contributed by atoms with Crippen molar-refractivity contribution in [3.63, 3.8) is 0 Å². The number of primary amides is 2. The lowest BCUT2D eigenvalue weighted by atomic mass is 10.1. The molecule has 0 aliphatic heterocycles. The quantitative estimate of drug-likeness (QED) is 0.527. The van der Waals surface area contributed by atoms with Crippen molar-refractivity contribution in [2.75, 3.05) is 5.32 Å². The Balaban J connectivity index is 0.000000860. The molecule has 0 saturated heterocycles. The Labute approximate surface area is 187 Å². The van der Waals surface area contributed by atoms with Crippen LogP contribution < -0.4 is 16.8 Å². The van der Waals surface area contributed by atoms with Crippen molar-refractivity contribution in [2.24, 2.45) is 11.5 Å². The van der Waals surface area contributed by atoms with Crippen molar-refractivity contribution in [1.82, 2.24) is 9.61 Å². The Hall–Kier alpha value is -3.86. The molecule has 5 N–H and O–H groups in total. The van der Waals surface area contributed by atoms with Crippen molar-refractivity contribution in [1.29, 1.82) is 0 Å². The van der Waals surface area contributed by atoms with Crippen LogP contribution in [0, 0.1) is 12.8 Å². The Kier molecular flexibility index (Phi) is 8.36. The number of rotatable bonds is 5. The lowest BCUT2D eigenvalue weighted by molar-refractivity contribution is 0.0992. The van der Waals surface area contributed by atoms with E-state index in [9.17, 15) is 14.0 Å². The van der Waals surface area contributed by atoms with Crippen molar-refractivity contribution in [3.05, 3.63) is 53.9 Å². The first kappa shape index (κ1) is 24.4. The molecule has 0 unspecified atom stereocenters. The Morgan fingerprint density at radius 3 is 2.28 bits per heavy atom. The van der Waals surface area contributed by atoms with Gasteiger partial charge in [-0.3, -0.25) is 9.59 Å². The average Bonchev–Trinajstić information content (AvgIpc) is 3.43. The van der Waals surface area contributed by atoms with Crippen molar-refractivity contribution >= 4 is 23.0 Å². The first-order valence-electron chi connectivity index (χ1n) is 10.4. The van der Waals surface area contributed by atoms with E-state index >= 15 is 0 Å². The van der Waals surface area contributed by atoms with Crippen LogP contribution >= 0.6 is 0 Å². The third-order valence-electron chi connectivity index (χ3n) is 5.17. The normalized spacial score (nSPS) is 16.9. The van der Waals surface area contributed by atoms with Crippen LogP contribution in [-0.4, -0.2) is 33.6 Å². The fourth-order valence-corrected chi connectivity index (χ4v) is 3.64. The number of nitrogens with zero attached hydrogens (tertiary/aromatic N) is 2. The van der Waals surface area contributed by atoms with Gasteiger partial charge in [-0.05, 0) is 43.0 Å². The number of nitrogens with two attached hydrogens (primary N) is 2. The van der Waals surface area contributed by atoms with Gasteiger partial charge in [-0.2, -0.15) is 5.10 Å². The van der Waals surface area contributed by atoms with Crippen molar-refractivity contribution in [3.8, 4) is 24.0 Å². The number of halogens is 1. The van der Waals surface area contributed by atoms with E-state index in [0.717, 1.165) is 17.5 Å². The van der Waals surface area contributed by atoms with E-state index in [4.69, 9.17) is 11.5 Å². The highest BCUT2D eigenvalue weighted by molar-refractivity contribution is 6.02. The number of fused-ring (bicyclic) bond motifs is 1. The highest BCUT2D eigenvalue weighted by Gasteiger charge is 2.29. The number of terminal acetylenes is 1. The van der Waals surface area contributed by atoms with Gasteiger partial charge in [-0.25, -0.2) is 8.91 Å². The third-order valence-corrected chi connectivity index (χ3v) is 5.17. The van der Waals surface area contributed by atoms with Gasteiger partial charge in [0.1, 0.15) is 6.17 Å². The molecule has 8 heteroatoms. The van der Waals surface area contributed by atoms with Crippen LogP contribution in [-0.2, 0) is 0 Å². The maximum absolute atomic E-state index is 14.1. The van der Waals surface area contributed by atoms with Crippen LogP contribution in [0.5, 0.6) is 0 Å². The van der Waals surface area contributed by atoms with E-state index in [1.807, 2.05) is 19.9 Å². The summed E-state index contributed by atoms with van der Waals surface area (Å²) >= 11 is 0. The minimum Gasteiger partial charge on any atom is -0.377 e. The fourth-order valence-electron chi connectivity index (χ4n) is 3.64. The summed E-state index contributed by atoms with van der Waals surface area (Å²) in [5.74, 6) is -1.12. The Morgan fingerprint density at radius 1 is 1.09 bits per heavy atom. The van der Waals surface area contributed by atoms with Gasteiger partial charge in [0.05, 0.1) is 29.0 Å². The van der Waals surface area contributed by atoms with Gasteiger partial charge in [0.15, 0.2) is 0 Å². The van der Waals surface area contributed by atoms with Gasteiger partial charge < -0.3 is 16.8 Å². The molecule has 7 nitrogen and oxygen atoms in total. The molecule has 1 aliphatic carbocycles. The molecular formula is C24H28FN5O2. The summed E-state index contributed by atoms with van der Waals surface area (Å²) in [6.07, 6.45) is 12.2. The number of nitrogens with one attached hydrogen (secondary N) is 1. The summed E-state index contributed by atoms with van der Waals surface area (Å²) in [6, 6.07) is 8.35. The maximum Gasteiger partial charge on any atom is 0.252 e. The highest BCUT2D eigenvalue weighted by Crippen LogP contribution is 2.32. The predicted octanol–water partition coefficient (Wildman–Crippen LogP) is 3.78. The largest absolute Gasteiger partial charge is 0.377 e. The van der Waals surface area contributed by atoms with E-state index in [1.165, 1.54) is 6.20 Å². The number of hydrogen-bond acceptors (Lipinski definition) is 4. The second kappa shape index (κ2) is 11.0. The van der Waals surface area contributed by atoms with Crippen molar-refractivity contribution < 1.29 is 14.0 Å². The Bertz CT molecular complexity index is 1100. The van der Waals surface area contributed by atoms with E-state index in [0.29, 0.717) is 29.6 Å². The predicted molar refractivity (Wildman–Crippen MR) is 125 cm³/mol. The molecule has 168 valence electrons. The number of amides is 2. The molecule has 2 atom stereocenters. The van der Waals surface area contributed by atoms with Crippen LogP contribution in [0.1, 0.15) is 53.8 Å². The molecule has 0 radical (unpaired) electrons. The number of anilines is 1. The van der Waals surface area contributed by atoms with E-state index in [2.05, 4.69) is 23.3 Å². The van der Waals surface area contributed by atoms with Gasteiger partial charge >= 0.3 is 0 Å². The van der Waals surface area contributed by atoms with E-state index in [-0.39, 0.29) is 11.6 Å². The summed E-state index contributed by atoms with van der Waals surface area (Å²) in [6.45, 7) is 4.00. The monoisotopic (exact) mass is 437 g/mol. The number of alkyl halides is 1. The maximum atomic E-state index is 14.1. The molecule has 0 spiro atoms. The zero-order chi connectivity index (χ0) is 23.8. The molecule has 1 aliphatic rings. The molecular weight excluding hydrogens is 409 g/mol. The van der Waals surface area contributed by atoms with Crippen LogP contribution in [0.3, 0.4) is 0 Å². The summed E-state index contributed by atoms with van der Waals surface area (Å²) in [5, 5.41) is 7.43. The zero-order valence-electron chi connectivity index (χ0n) is 18.2. The highest BCUT2D eigenvalue weighted by atomic mass is 19.1. The SMILES string of the molecule is C#C.CC.NC(=O)c1ccc(-c2cc3c(N[C@@H]4CCC[C@@H]4F)c(C(N)=O)cnn3c2)cc1. The summed E-state index contributed by atoms with van der Waals surface area (Å²) in [4.78, 5) is 23.1. The lowest BCUT2D eigenvalue weighted by Gasteiger charge is -2.19. The second-order valence-electron chi connectivity index (χ2n) is 7.00. The van der Waals surface area contributed by atoms with Crippen molar-refractivity contribution in [2.45, 2.75) is 45.3 Å². The van der Waals surface area contributed by atoms with Gasteiger partial charge in [0, 0.05) is 17.3 Å². The van der Waals surface area contributed by atoms with Crippen LogP contribution in [0.25, 0.3) is 16.6 Å². The van der Waals surface area contributed by atoms with Crippen LogP contribution in [0.2, 0.25) is 0 Å². The number of aromatic nitrogens is 2. The fraction of sp³-hybridized carbons (Fsp3) is 0.292. The summed E-state index contributed by atoms with van der Waals surface area (Å²) in [7, 11) is 0. The first-order chi connectivity index (χ1) is 15.4. The Morgan fingerprint density at radius 2 is 1.75 bits per heavy atom. The van der Waals surface area contributed by atoms with Gasteiger partial charge in [-0.15, -0.1) is 12.8 Å². The minimum atomic E-state index is -0.968. The molecule has 1 saturated carbocycles. The molecule has 1 aromatic carbocycles. The first-order valence-corrected chi connectivity index (χ1v) is 10.4. The standard InChI is InChI=1S/C20H20FN5O2.C2H6.C2H2/c21-15-2-1-3-16(15)25-18-14(20(23)28)9-24-26-10-13(8-17(18)26)11-4-6-12(7-5-11)19(22)27;2*1-2/h4-10,15-16,25H,1-3H2,(H2,22,27)(H2,23,28);1-2H3;1-2H/t15-,16+;;/m0../s1. The van der Waals surface area contributed by atoms with E-state index in [1.54, 1.807) is 35.0 Å². The number of hydrogen-bond donors (Lipinski definition) is 3. The smallest absolute Gasteiger partial charge is 0.252 e. The number of carbonyl (C=O) groups excluding carboxylic acids is 2. The number of carbonyl (C=O) groups is 2. The lowest BCUT2D eigenvalue weighted by Crippen LogP contribution is -2.27. The van der Waals surface area contributed by atoms with Crippen LogP contribution in [0.15, 0.2) is 42.7 Å². The van der Waals surface area contributed by atoms with E-state index < -0.39 is 18.0 Å². The summed E-state index contributed by atoms with van der Waals surface area (Å²) < 4.78 is 15.8. The molecule has 2 aromatic heterocycles. The van der Waals surface area contributed by atoms with Crippen LogP contribution in [0.4, 0.5) is 10.1 Å². The second-order valence-corrected chi connectivity index (χ2v) is 7.00. The molecule has 2 heterocycles. The molecule has 2 amide bonds. The molecule has 32 heavy (non-hydrogen) atoms. The molecule has 3 aromatic rings. The van der Waals surface area contributed by atoms with Gasteiger partial charge in [0.2, 0.25) is 5.91 Å². The molecule has 4 rings (SSSR count). The third kappa shape index (κ3) is 5.06. The summed E-state index contributed by atoms with van der Waals surface area (Å²) in [5.41, 5.74) is 14.2. The average molecular weight is 438 g/mol. The minimum absolute atomic E-state index is 0.223. The topological polar surface area (TPSA) is 116 Å².